The first-order chi connectivity index (χ1) is 7.67. The normalized spacial score (nSPS) is 13.1. The molecule has 0 radical (unpaired) electrons. The summed E-state index contributed by atoms with van der Waals surface area (Å²) in [6.07, 6.45) is 1.18. The molecule has 1 unspecified atom stereocenters. The lowest BCUT2D eigenvalue weighted by Gasteiger charge is -2.20. The second-order valence-electron chi connectivity index (χ2n) is 4.66. The molecule has 0 saturated carbocycles. The summed E-state index contributed by atoms with van der Waals surface area (Å²) in [6.45, 7) is 8.32. The van der Waals surface area contributed by atoms with E-state index < -0.39 is 0 Å². The molecule has 0 aliphatic heterocycles. The van der Waals surface area contributed by atoms with Crippen molar-refractivity contribution in [1.29, 1.82) is 0 Å². The first-order valence-electron chi connectivity index (χ1n) is 6.18. The van der Waals surface area contributed by atoms with Gasteiger partial charge in [0.25, 0.3) is 0 Å². The molecule has 0 aromatic heterocycles. The van der Waals surface area contributed by atoms with Crippen molar-refractivity contribution >= 4 is 0 Å². The third kappa shape index (κ3) is 3.95. The summed E-state index contributed by atoms with van der Waals surface area (Å²) in [5.74, 6) is 0.688. The number of benzene rings is 1. The Kier molecular flexibility index (Phi) is 5.50. The van der Waals surface area contributed by atoms with Gasteiger partial charge in [0.2, 0.25) is 0 Å². The fraction of sp³-hybridized carbons (Fsp3) is 0.571. The maximum Gasteiger partial charge on any atom is 0.0208 e. The van der Waals surface area contributed by atoms with E-state index >= 15 is 0 Å². The number of rotatable bonds is 6. The summed E-state index contributed by atoms with van der Waals surface area (Å²) in [5.41, 5.74) is 8.09. The Hall–Kier alpha value is -0.860. The van der Waals surface area contributed by atoms with Crippen LogP contribution in [0.4, 0.5) is 0 Å². The van der Waals surface area contributed by atoms with E-state index in [1.807, 2.05) is 0 Å². The van der Waals surface area contributed by atoms with Crippen LogP contribution >= 0.6 is 0 Å². The lowest BCUT2D eigenvalue weighted by molar-refractivity contribution is 0.387. The van der Waals surface area contributed by atoms with E-state index in [-0.39, 0.29) is 0 Å². The molecule has 0 fully saturated rings. The van der Waals surface area contributed by atoms with Crippen molar-refractivity contribution in [1.82, 2.24) is 5.32 Å². The van der Waals surface area contributed by atoms with Gasteiger partial charge in [-0.3, -0.25) is 0 Å². The molecule has 2 nitrogen and oxygen atoms in total. The Labute approximate surface area is 99.2 Å². The van der Waals surface area contributed by atoms with Gasteiger partial charge in [-0.25, -0.2) is 0 Å². The average Bonchev–Trinajstić information content (AvgIpc) is 2.30. The van der Waals surface area contributed by atoms with Crippen molar-refractivity contribution < 1.29 is 0 Å². The van der Waals surface area contributed by atoms with E-state index in [1.54, 1.807) is 0 Å². The van der Waals surface area contributed by atoms with Crippen molar-refractivity contribution in [3.8, 4) is 0 Å². The van der Waals surface area contributed by atoms with Crippen molar-refractivity contribution in [2.24, 2.45) is 11.7 Å². The smallest absolute Gasteiger partial charge is 0.0208 e. The number of nitrogens with two attached hydrogens (primary N) is 1. The van der Waals surface area contributed by atoms with Crippen LogP contribution in [-0.4, -0.2) is 6.04 Å². The molecule has 1 rings (SSSR count). The van der Waals surface area contributed by atoms with Gasteiger partial charge < -0.3 is 11.1 Å². The third-order valence-electron chi connectivity index (χ3n) is 3.07. The average molecular weight is 220 g/mol. The van der Waals surface area contributed by atoms with Gasteiger partial charge in [0.1, 0.15) is 0 Å². The van der Waals surface area contributed by atoms with Crippen LogP contribution in [0.2, 0.25) is 0 Å². The molecule has 90 valence electrons. The van der Waals surface area contributed by atoms with Crippen molar-refractivity contribution in [2.45, 2.75) is 46.3 Å². The number of hydrogen-bond donors (Lipinski definition) is 2. The van der Waals surface area contributed by atoms with Gasteiger partial charge in [-0.1, -0.05) is 45.0 Å². The van der Waals surface area contributed by atoms with E-state index in [9.17, 15) is 0 Å². The van der Waals surface area contributed by atoms with Gasteiger partial charge in [0.15, 0.2) is 0 Å². The standard InChI is InChI=1S/C14H24N2/c1-4-14(11(2)3)16-10-13-7-5-12(9-15)6-8-13/h5-8,11,14,16H,4,9-10,15H2,1-3H3. The quantitative estimate of drug-likeness (QED) is 0.773. The number of hydrogen-bond acceptors (Lipinski definition) is 2. The summed E-state index contributed by atoms with van der Waals surface area (Å²) < 4.78 is 0. The van der Waals surface area contributed by atoms with Crippen LogP contribution in [0.1, 0.15) is 38.3 Å². The minimum absolute atomic E-state index is 0.606. The lowest BCUT2D eigenvalue weighted by atomic mass is 10.0. The predicted molar refractivity (Wildman–Crippen MR) is 70.1 cm³/mol. The highest BCUT2D eigenvalue weighted by Gasteiger charge is 2.09. The zero-order valence-electron chi connectivity index (χ0n) is 10.7. The van der Waals surface area contributed by atoms with Gasteiger partial charge in [0, 0.05) is 19.1 Å². The molecule has 0 aliphatic carbocycles. The van der Waals surface area contributed by atoms with E-state index in [4.69, 9.17) is 5.73 Å². The van der Waals surface area contributed by atoms with Crippen LogP contribution in [0.25, 0.3) is 0 Å². The van der Waals surface area contributed by atoms with E-state index in [1.165, 1.54) is 17.5 Å². The van der Waals surface area contributed by atoms with Crippen molar-refractivity contribution in [3.63, 3.8) is 0 Å². The van der Waals surface area contributed by atoms with Crippen LogP contribution in [0.15, 0.2) is 24.3 Å². The molecular weight excluding hydrogens is 196 g/mol. The molecule has 0 aliphatic rings. The van der Waals surface area contributed by atoms with Crippen molar-refractivity contribution in [3.05, 3.63) is 35.4 Å². The Morgan fingerprint density at radius 2 is 1.69 bits per heavy atom. The SMILES string of the molecule is CCC(NCc1ccc(CN)cc1)C(C)C. The molecular formula is C14H24N2. The van der Waals surface area contributed by atoms with E-state index in [2.05, 4.69) is 50.4 Å². The Bertz CT molecular complexity index is 290. The summed E-state index contributed by atoms with van der Waals surface area (Å²) in [5, 5.41) is 3.59. The minimum Gasteiger partial charge on any atom is -0.326 e. The molecule has 0 heterocycles. The molecule has 0 saturated heterocycles. The van der Waals surface area contributed by atoms with Gasteiger partial charge in [-0.05, 0) is 23.5 Å². The maximum absolute atomic E-state index is 5.57. The lowest BCUT2D eigenvalue weighted by Crippen LogP contribution is -2.32. The highest BCUT2D eigenvalue weighted by Crippen LogP contribution is 2.08. The third-order valence-corrected chi connectivity index (χ3v) is 3.07. The molecule has 0 bridgehead atoms. The van der Waals surface area contributed by atoms with Crippen LogP contribution in [-0.2, 0) is 13.1 Å². The van der Waals surface area contributed by atoms with Gasteiger partial charge in [-0.15, -0.1) is 0 Å². The summed E-state index contributed by atoms with van der Waals surface area (Å²) in [7, 11) is 0. The molecule has 1 aromatic carbocycles. The molecule has 3 N–H and O–H groups in total. The monoisotopic (exact) mass is 220 g/mol. The predicted octanol–water partition coefficient (Wildman–Crippen LogP) is 2.67. The molecule has 0 amide bonds. The largest absolute Gasteiger partial charge is 0.326 e. The van der Waals surface area contributed by atoms with Gasteiger partial charge in [0.05, 0.1) is 0 Å². The Morgan fingerprint density at radius 3 is 2.12 bits per heavy atom. The minimum atomic E-state index is 0.606. The van der Waals surface area contributed by atoms with Crippen LogP contribution < -0.4 is 11.1 Å². The van der Waals surface area contributed by atoms with Crippen LogP contribution in [0, 0.1) is 5.92 Å². The molecule has 1 atom stereocenters. The Morgan fingerprint density at radius 1 is 1.12 bits per heavy atom. The molecule has 1 aromatic rings. The molecule has 2 heteroatoms. The zero-order chi connectivity index (χ0) is 12.0. The van der Waals surface area contributed by atoms with Crippen LogP contribution in [0.3, 0.4) is 0 Å². The fourth-order valence-electron chi connectivity index (χ4n) is 1.89. The zero-order valence-corrected chi connectivity index (χ0v) is 10.7. The second-order valence-corrected chi connectivity index (χ2v) is 4.66. The summed E-state index contributed by atoms with van der Waals surface area (Å²) >= 11 is 0. The van der Waals surface area contributed by atoms with E-state index in [0.29, 0.717) is 18.5 Å². The van der Waals surface area contributed by atoms with Crippen LogP contribution in [0.5, 0.6) is 0 Å². The van der Waals surface area contributed by atoms with E-state index in [0.717, 1.165) is 6.54 Å². The maximum atomic E-state index is 5.57. The first kappa shape index (κ1) is 13.2. The van der Waals surface area contributed by atoms with Gasteiger partial charge >= 0.3 is 0 Å². The topological polar surface area (TPSA) is 38.0 Å². The summed E-state index contributed by atoms with van der Waals surface area (Å²) in [6, 6.07) is 9.12. The van der Waals surface area contributed by atoms with Crippen molar-refractivity contribution in [2.75, 3.05) is 0 Å². The second kappa shape index (κ2) is 6.66. The Balaban J connectivity index is 2.47. The molecule has 0 spiro atoms. The highest BCUT2D eigenvalue weighted by atomic mass is 14.9. The fourth-order valence-corrected chi connectivity index (χ4v) is 1.89. The van der Waals surface area contributed by atoms with Gasteiger partial charge in [-0.2, -0.15) is 0 Å². The highest BCUT2D eigenvalue weighted by molar-refractivity contribution is 5.22. The number of nitrogens with one attached hydrogen (secondary N) is 1. The summed E-state index contributed by atoms with van der Waals surface area (Å²) in [4.78, 5) is 0. The first-order valence-corrected chi connectivity index (χ1v) is 6.18. The molecule has 16 heavy (non-hydrogen) atoms.